The van der Waals surface area contributed by atoms with Crippen molar-refractivity contribution in [3.8, 4) is 0 Å². The van der Waals surface area contributed by atoms with E-state index in [9.17, 15) is 4.79 Å². The predicted molar refractivity (Wildman–Crippen MR) is 132 cm³/mol. The van der Waals surface area contributed by atoms with Crippen molar-refractivity contribution >= 4 is 11.7 Å². The molecule has 0 N–H and O–H groups in total. The number of rotatable bonds is 10. The Morgan fingerprint density at radius 2 is 1.53 bits per heavy atom. The Morgan fingerprint density at radius 1 is 0.875 bits per heavy atom. The van der Waals surface area contributed by atoms with Crippen molar-refractivity contribution in [3.63, 3.8) is 0 Å². The molecule has 0 atom stereocenters. The molecule has 1 fully saturated rings. The first-order valence-electron chi connectivity index (χ1n) is 12.4. The van der Waals surface area contributed by atoms with Crippen molar-refractivity contribution in [2.24, 2.45) is 0 Å². The lowest BCUT2D eigenvalue weighted by atomic mass is 10.0. The van der Waals surface area contributed by atoms with Crippen molar-refractivity contribution in [1.82, 2.24) is 14.9 Å². The van der Waals surface area contributed by atoms with Gasteiger partial charge in [0.2, 0.25) is 5.91 Å². The Bertz CT molecular complexity index is 870. The zero-order valence-corrected chi connectivity index (χ0v) is 20.5. The van der Waals surface area contributed by atoms with Gasteiger partial charge in [-0.25, -0.2) is 9.97 Å². The van der Waals surface area contributed by atoms with Crippen LogP contribution in [0.5, 0.6) is 0 Å². The van der Waals surface area contributed by atoms with E-state index in [1.165, 1.54) is 48.8 Å². The van der Waals surface area contributed by atoms with E-state index in [1.54, 1.807) is 0 Å². The van der Waals surface area contributed by atoms with E-state index in [0.717, 1.165) is 56.4 Å². The van der Waals surface area contributed by atoms with Gasteiger partial charge in [0.1, 0.15) is 11.6 Å². The van der Waals surface area contributed by atoms with Crippen LogP contribution in [-0.2, 0) is 11.2 Å². The van der Waals surface area contributed by atoms with Crippen LogP contribution in [0.4, 0.5) is 5.82 Å². The van der Waals surface area contributed by atoms with Gasteiger partial charge in [0.05, 0.1) is 0 Å². The molecule has 1 saturated heterocycles. The van der Waals surface area contributed by atoms with Crippen LogP contribution in [0, 0.1) is 20.8 Å². The molecule has 0 spiro atoms. The average Bonchev–Trinajstić information content (AvgIpc) is 2.79. The van der Waals surface area contributed by atoms with E-state index in [-0.39, 0.29) is 0 Å². The van der Waals surface area contributed by atoms with Crippen LogP contribution in [0.3, 0.4) is 0 Å². The number of amides is 1. The predicted octanol–water partition coefficient (Wildman–Crippen LogP) is 5.39. The zero-order valence-electron chi connectivity index (χ0n) is 20.5. The van der Waals surface area contributed by atoms with Gasteiger partial charge in [-0.05, 0) is 32.8 Å². The third-order valence-electron chi connectivity index (χ3n) is 6.48. The summed E-state index contributed by atoms with van der Waals surface area (Å²) in [5, 5.41) is 0. The number of hydrogen-bond acceptors (Lipinski definition) is 4. The Labute approximate surface area is 194 Å². The van der Waals surface area contributed by atoms with Crippen molar-refractivity contribution < 1.29 is 4.79 Å². The standard InChI is InChI=1S/C27H40N4O/c1-5-6-7-8-9-10-11-26(32)30-16-18-31(19-17-30)27-25(22(3)28-23(4)29-27)20-24-14-12-21(2)13-15-24/h12-15H,5-11,16-20H2,1-4H3. The summed E-state index contributed by atoms with van der Waals surface area (Å²) in [7, 11) is 0. The minimum Gasteiger partial charge on any atom is -0.353 e. The fourth-order valence-electron chi connectivity index (χ4n) is 4.48. The number of unbranched alkanes of at least 4 members (excludes halogenated alkanes) is 5. The first-order valence-corrected chi connectivity index (χ1v) is 12.4. The number of carbonyl (C=O) groups excluding carboxylic acids is 1. The normalized spacial score (nSPS) is 14.1. The molecule has 0 radical (unpaired) electrons. The van der Waals surface area contributed by atoms with E-state index in [1.807, 2.05) is 11.8 Å². The highest BCUT2D eigenvalue weighted by atomic mass is 16.2. The fraction of sp³-hybridized carbons (Fsp3) is 0.593. The van der Waals surface area contributed by atoms with Crippen LogP contribution in [-0.4, -0.2) is 47.0 Å². The summed E-state index contributed by atoms with van der Waals surface area (Å²) in [6, 6.07) is 8.70. The number of hydrogen-bond donors (Lipinski definition) is 0. The molecule has 1 aliphatic rings. The molecule has 2 aromatic rings. The van der Waals surface area contributed by atoms with Crippen LogP contribution >= 0.6 is 0 Å². The van der Waals surface area contributed by atoms with Gasteiger partial charge in [-0.3, -0.25) is 4.79 Å². The second-order valence-electron chi connectivity index (χ2n) is 9.21. The van der Waals surface area contributed by atoms with Crippen molar-refractivity contribution in [2.45, 2.75) is 79.1 Å². The Morgan fingerprint density at radius 3 is 2.22 bits per heavy atom. The zero-order chi connectivity index (χ0) is 22.9. The Kier molecular flexibility index (Phi) is 9.07. The third kappa shape index (κ3) is 6.78. The summed E-state index contributed by atoms with van der Waals surface area (Å²) in [5.74, 6) is 2.17. The molecule has 0 bridgehead atoms. The van der Waals surface area contributed by atoms with E-state index < -0.39 is 0 Å². The molecule has 174 valence electrons. The molecular weight excluding hydrogens is 396 g/mol. The highest BCUT2D eigenvalue weighted by Crippen LogP contribution is 2.25. The molecular formula is C27H40N4O. The molecule has 5 heteroatoms. The second-order valence-corrected chi connectivity index (χ2v) is 9.21. The summed E-state index contributed by atoms with van der Waals surface area (Å²) in [6.45, 7) is 11.6. The molecule has 5 nitrogen and oxygen atoms in total. The van der Waals surface area contributed by atoms with Crippen LogP contribution in [0.2, 0.25) is 0 Å². The summed E-state index contributed by atoms with van der Waals surface area (Å²) in [6.07, 6.45) is 8.85. The van der Waals surface area contributed by atoms with E-state index in [4.69, 9.17) is 4.98 Å². The summed E-state index contributed by atoms with van der Waals surface area (Å²) in [4.78, 5) is 26.5. The lowest BCUT2D eigenvalue weighted by Crippen LogP contribution is -2.49. The van der Waals surface area contributed by atoms with E-state index in [0.29, 0.717) is 12.3 Å². The first-order chi connectivity index (χ1) is 15.5. The summed E-state index contributed by atoms with van der Waals surface area (Å²) >= 11 is 0. The molecule has 1 aromatic heterocycles. The molecule has 2 heterocycles. The van der Waals surface area contributed by atoms with Gasteiger partial charge in [-0.1, -0.05) is 68.9 Å². The summed E-state index contributed by atoms with van der Waals surface area (Å²) < 4.78 is 0. The molecule has 32 heavy (non-hydrogen) atoms. The maximum atomic E-state index is 12.7. The molecule has 1 aromatic carbocycles. The van der Waals surface area contributed by atoms with Gasteiger partial charge >= 0.3 is 0 Å². The number of anilines is 1. The third-order valence-corrected chi connectivity index (χ3v) is 6.48. The van der Waals surface area contributed by atoms with Crippen LogP contribution < -0.4 is 4.90 Å². The lowest BCUT2D eigenvalue weighted by molar-refractivity contribution is -0.131. The maximum Gasteiger partial charge on any atom is 0.222 e. The molecule has 1 aliphatic heterocycles. The molecule has 0 saturated carbocycles. The minimum absolute atomic E-state index is 0.315. The molecule has 0 aliphatic carbocycles. The van der Waals surface area contributed by atoms with Crippen molar-refractivity contribution in [1.29, 1.82) is 0 Å². The van der Waals surface area contributed by atoms with Crippen molar-refractivity contribution in [3.05, 3.63) is 52.5 Å². The topological polar surface area (TPSA) is 49.3 Å². The molecule has 0 unspecified atom stereocenters. The largest absolute Gasteiger partial charge is 0.353 e. The van der Waals surface area contributed by atoms with E-state index in [2.05, 4.69) is 54.9 Å². The number of benzene rings is 1. The van der Waals surface area contributed by atoms with Crippen LogP contribution in [0.1, 0.15) is 80.1 Å². The fourth-order valence-corrected chi connectivity index (χ4v) is 4.48. The number of aromatic nitrogens is 2. The number of piperazine rings is 1. The number of carbonyl (C=O) groups is 1. The smallest absolute Gasteiger partial charge is 0.222 e. The number of nitrogens with zero attached hydrogens (tertiary/aromatic N) is 4. The van der Waals surface area contributed by atoms with Gasteiger partial charge in [0.25, 0.3) is 0 Å². The first kappa shape index (κ1) is 24.2. The van der Waals surface area contributed by atoms with Crippen molar-refractivity contribution in [2.75, 3.05) is 31.1 Å². The van der Waals surface area contributed by atoms with Crippen LogP contribution in [0.25, 0.3) is 0 Å². The maximum absolute atomic E-state index is 12.7. The van der Waals surface area contributed by atoms with Gasteiger partial charge < -0.3 is 9.80 Å². The van der Waals surface area contributed by atoms with Gasteiger partial charge in [0, 0.05) is 50.3 Å². The summed E-state index contributed by atoms with van der Waals surface area (Å²) in [5.41, 5.74) is 4.80. The second kappa shape index (κ2) is 12.0. The lowest BCUT2D eigenvalue weighted by Gasteiger charge is -2.36. The molecule has 3 rings (SSSR count). The van der Waals surface area contributed by atoms with Gasteiger partial charge in [-0.15, -0.1) is 0 Å². The van der Waals surface area contributed by atoms with Crippen LogP contribution in [0.15, 0.2) is 24.3 Å². The van der Waals surface area contributed by atoms with Gasteiger partial charge in [-0.2, -0.15) is 0 Å². The monoisotopic (exact) mass is 436 g/mol. The molecule has 1 amide bonds. The Balaban J connectivity index is 1.58. The van der Waals surface area contributed by atoms with E-state index >= 15 is 0 Å². The minimum atomic E-state index is 0.315. The Hall–Kier alpha value is -2.43. The highest BCUT2D eigenvalue weighted by molar-refractivity contribution is 5.76. The van der Waals surface area contributed by atoms with Gasteiger partial charge in [0.15, 0.2) is 0 Å². The SMILES string of the molecule is CCCCCCCCC(=O)N1CCN(c2nc(C)nc(C)c2Cc2ccc(C)cc2)CC1. The quantitative estimate of drug-likeness (QED) is 0.469. The highest BCUT2D eigenvalue weighted by Gasteiger charge is 2.24. The number of aryl methyl sites for hydroxylation is 3. The average molecular weight is 437 g/mol.